The number of nitrogens with zero attached hydrogens (tertiary/aromatic N) is 3. The van der Waals surface area contributed by atoms with E-state index in [0.29, 0.717) is 17.5 Å². The molecule has 0 bridgehead atoms. The molecule has 0 N–H and O–H groups in total. The van der Waals surface area contributed by atoms with Gasteiger partial charge < -0.3 is 9.15 Å². The van der Waals surface area contributed by atoms with Gasteiger partial charge in [0.15, 0.2) is 11.5 Å². The smallest absolute Gasteiger partial charge is 0.358 e. The number of carbonyl (C=O) groups excluding carboxylic acids is 1. The van der Waals surface area contributed by atoms with Crippen LogP contribution in [-0.2, 0) is 4.74 Å². The molecule has 8 heteroatoms. The Hall–Kier alpha value is -1.60. The van der Waals surface area contributed by atoms with Gasteiger partial charge in [0.25, 0.3) is 0 Å². The number of methoxy groups -OCH3 is 1. The molecule has 2 aromatic heterocycles. The molecule has 0 radical (unpaired) electrons. The molecule has 2 aromatic rings. The second-order valence-electron chi connectivity index (χ2n) is 4.97. The molecule has 1 aliphatic rings. The lowest BCUT2D eigenvalue weighted by molar-refractivity contribution is 0.0593. The van der Waals surface area contributed by atoms with Gasteiger partial charge in [-0.15, -0.1) is 0 Å². The first-order valence-corrected chi connectivity index (χ1v) is 7.82. The number of halogens is 2. The van der Waals surface area contributed by atoms with Gasteiger partial charge in [-0.05, 0) is 34.8 Å². The zero-order chi connectivity index (χ0) is 15.9. The number of anilines is 2. The highest BCUT2D eigenvalue weighted by Gasteiger charge is 2.31. The van der Waals surface area contributed by atoms with E-state index < -0.39 is 5.97 Å². The van der Waals surface area contributed by atoms with Gasteiger partial charge >= 0.3 is 5.97 Å². The van der Waals surface area contributed by atoms with Crippen LogP contribution < -0.4 is 4.90 Å². The van der Waals surface area contributed by atoms with Crippen molar-refractivity contribution in [3.63, 3.8) is 0 Å². The van der Waals surface area contributed by atoms with Crippen molar-refractivity contribution in [3.05, 3.63) is 33.3 Å². The minimum atomic E-state index is -0.581. The van der Waals surface area contributed by atoms with Crippen LogP contribution in [0.1, 0.15) is 35.1 Å². The van der Waals surface area contributed by atoms with E-state index in [4.69, 9.17) is 20.8 Å². The average Bonchev–Trinajstić information content (AvgIpc) is 3.28. The van der Waals surface area contributed by atoms with Crippen molar-refractivity contribution >= 4 is 45.2 Å². The summed E-state index contributed by atoms with van der Waals surface area (Å²) in [6.45, 7) is 0. The van der Waals surface area contributed by atoms with Crippen LogP contribution >= 0.6 is 27.5 Å². The van der Waals surface area contributed by atoms with Crippen molar-refractivity contribution in [2.24, 2.45) is 0 Å². The Kier molecular flexibility index (Phi) is 4.10. The predicted molar refractivity (Wildman–Crippen MR) is 84.8 cm³/mol. The summed E-state index contributed by atoms with van der Waals surface area (Å²) < 4.78 is 10.9. The maximum absolute atomic E-state index is 11.9. The van der Waals surface area contributed by atoms with E-state index in [1.165, 1.54) is 7.11 Å². The van der Waals surface area contributed by atoms with Gasteiger partial charge in [0.2, 0.25) is 5.88 Å². The van der Waals surface area contributed by atoms with Crippen LogP contribution in [0.3, 0.4) is 0 Å². The summed E-state index contributed by atoms with van der Waals surface area (Å²) in [6.07, 6.45) is 3.57. The maximum Gasteiger partial charge on any atom is 0.358 e. The standard InChI is InChI=1S/C14H13BrClN3O3/c1-19(13-8(15)5-6-22-13)12-9(16)10(14(20)21-2)17-11(18-12)7-3-4-7/h5-7H,3-4H2,1-2H3. The monoisotopic (exact) mass is 385 g/mol. The molecule has 22 heavy (non-hydrogen) atoms. The lowest BCUT2D eigenvalue weighted by Gasteiger charge is -2.19. The third-order valence-electron chi connectivity index (χ3n) is 3.39. The molecule has 0 aliphatic heterocycles. The highest BCUT2D eigenvalue weighted by atomic mass is 79.9. The van der Waals surface area contributed by atoms with Crippen LogP contribution in [0.5, 0.6) is 0 Å². The van der Waals surface area contributed by atoms with Gasteiger partial charge in [-0.25, -0.2) is 14.8 Å². The molecule has 0 amide bonds. The van der Waals surface area contributed by atoms with Crippen LogP contribution in [0, 0.1) is 0 Å². The van der Waals surface area contributed by atoms with E-state index in [0.717, 1.165) is 17.3 Å². The van der Waals surface area contributed by atoms with Crippen molar-refractivity contribution in [2.45, 2.75) is 18.8 Å². The molecule has 2 heterocycles. The van der Waals surface area contributed by atoms with Crippen molar-refractivity contribution in [1.82, 2.24) is 9.97 Å². The SMILES string of the molecule is COC(=O)c1nc(C2CC2)nc(N(C)c2occc2Br)c1Cl. The molecule has 1 saturated carbocycles. The number of furan rings is 1. The fourth-order valence-corrected chi connectivity index (χ4v) is 2.81. The third-order valence-corrected chi connectivity index (χ3v) is 4.34. The number of hydrogen-bond donors (Lipinski definition) is 0. The summed E-state index contributed by atoms with van der Waals surface area (Å²) in [4.78, 5) is 22.4. The fourth-order valence-electron chi connectivity index (χ4n) is 2.05. The van der Waals surface area contributed by atoms with E-state index in [2.05, 4.69) is 25.9 Å². The van der Waals surface area contributed by atoms with Gasteiger partial charge in [0.1, 0.15) is 10.8 Å². The van der Waals surface area contributed by atoms with Crippen LogP contribution in [0.15, 0.2) is 21.2 Å². The summed E-state index contributed by atoms with van der Waals surface area (Å²) in [7, 11) is 3.06. The van der Waals surface area contributed by atoms with E-state index in [1.54, 1.807) is 24.3 Å². The Morgan fingerprint density at radius 3 is 2.77 bits per heavy atom. The zero-order valence-corrected chi connectivity index (χ0v) is 14.3. The average molecular weight is 387 g/mol. The molecular weight excluding hydrogens is 374 g/mol. The Labute approximate surface area is 140 Å². The summed E-state index contributed by atoms with van der Waals surface area (Å²) in [5.74, 6) is 1.25. The van der Waals surface area contributed by atoms with Gasteiger partial charge in [-0.2, -0.15) is 0 Å². The second-order valence-corrected chi connectivity index (χ2v) is 6.20. The summed E-state index contributed by atoms with van der Waals surface area (Å²) in [5.41, 5.74) is 0.0746. The quantitative estimate of drug-likeness (QED) is 0.742. The van der Waals surface area contributed by atoms with E-state index in [1.807, 2.05) is 0 Å². The minimum absolute atomic E-state index is 0.0746. The number of esters is 1. The number of rotatable bonds is 4. The topological polar surface area (TPSA) is 68.5 Å². The molecule has 0 spiro atoms. The molecular formula is C14H13BrClN3O3. The van der Waals surface area contributed by atoms with Crippen LogP contribution in [0.4, 0.5) is 11.7 Å². The highest BCUT2D eigenvalue weighted by Crippen LogP contribution is 2.41. The van der Waals surface area contributed by atoms with Crippen molar-refractivity contribution < 1.29 is 13.9 Å². The second kappa shape index (κ2) is 5.89. The van der Waals surface area contributed by atoms with E-state index in [-0.39, 0.29) is 16.6 Å². The van der Waals surface area contributed by atoms with Crippen molar-refractivity contribution in [3.8, 4) is 0 Å². The third kappa shape index (κ3) is 2.70. The Bertz CT molecular complexity index is 730. The molecule has 3 rings (SSSR count). The number of carbonyl (C=O) groups is 1. The van der Waals surface area contributed by atoms with Crippen LogP contribution in [0.2, 0.25) is 5.02 Å². The normalized spacial score (nSPS) is 14.0. The number of hydrogen-bond acceptors (Lipinski definition) is 6. The van der Waals surface area contributed by atoms with Crippen LogP contribution in [-0.4, -0.2) is 30.1 Å². The largest absolute Gasteiger partial charge is 0.464 e. The van der Waals surface area contributed by atoms with Crippen molar-refractivity contribution in [1.29, 1.82) is 0 Å². The van der Waals surface area contributed by atoms with Gasteiger partial charge in [-0.3, -0.25) is 4.90 Å². The minimum Gasteiger partial charge on any atom is -0.464 e. The molecule has 1 aliphatic carbocycles. The first kappa shape index (κ1) is 15.3. The van der Waals surface area contributed by atoms with E-state index in [9.17, 15) is 4.79 Å². The zero-order valence-electron chi connectivity index (χ0n) is 12.0. The molecule has 0 aromatic carbocycles. The fraction of sp³-hybridized carbons (Fsp3) is 0.357. The molecule has 0 saturated heterocycles. The lowest BCUT2D eigenvalue weighted by atomic mass is 10.3. The maximum atomic E-state index is 11.9. The van der Waals surface area contributed by atoms with Crippen LogP contribution in [0.25, 0.3) is 0 Å². The molecule has 6 nitrogen and oxygen atoms in total. The molecule has 0 unspecified atom stereocenters. The van der Waals surface area contributed by atoms with Gasteiger partial charge in [0, 0.05) is 13.0 Å². The number of aromatic nitrogens is 2. The Morgan fingerprint density at radius 1 is 1.50 bits per heavy atom. The molecule has 116 valence electrons. The Balaban J connectivity index is 2.11. The number of ether oxygens (including phenoxy) is 1. The molecule has 1 fully saturated rings. The highest BCUT2D eigenvalue weighted by molar-refractivity contribution is 9.10. The summed E-state index contributed by atoms with van der Waals surface area (Å²) in [6, 6.07) is 1.77. The predicted octanol–water partition coefficient (Wildman–Crippen LogP) is 3.92. The van der Waals surface area contributed by atoms with Gasteiger partial charge in [0.05, 0.1) is 17.8 Å². The molecule has 0 atom stereocenters. The lowest BCUT2D eigenvalue weighted by Crippen LogP contribution is -2.17. The van der Waals surface area contributed by atoms with Crippen molar-refractivity contribution in [2.75, 3.05) is 19.1 Å². The summed E-state index contributed by atoms with van der Waals surface area (Å²) in [5, 5.41) is 0.141. The summed E-state index contributed by atoms with van der Waals surface area (Å²) >= 11 is 9.72. The Morgan fingerprint density at radius 2 is 2.23 bits per heavy atom. The first-order chi connectivity index (χ1) is 10.5. The van der Waals surface area contributed by atoms with Gasteiger partial charge in [-0.1, -0.05) is 11.6 Å². The first-order valence-electron chi connectivity index (χ1n) is 6.65. The van der Waals surface area contributed by atoms with E-state index >= 15 is 0 Å².